The molecule has 5 heteroatoms. The average Bonchev–Trinajstić information content (AvgIpc) is 3.82. The Morgan fingerprint density at radius 1 is 0.304 bits per heavy atom. The van der Waals surface area contributed by atoms with Crippen LogP contribution in [0.15, 0.2) is 194 Å². The van der Waals surface area contributed by atoms with Crippen molar-refractivity contribution in [1.29, 1.82) is 0 Å². The summed E-state index contributed by atoms with van der Waals surface area (Å²) in [6.45, 7) is 0. The first-order valence-electron chi connectivity index (χ1n) is 18.8. The van der Waals surface area contributed by atoms with Crippen molar-refractivity contribution in [3.63, 3.8) is 0 Å². The van der Waals surface area contributed by atoms with E-state index in [1.807, 2.05) is 29.5 Å². The molecule has 0 atom stereocenters. The minimum atomic E-state index is 0.627. The maximum Gasteiger partial charge on any atom is 0.164 e. The fourth-order valence-corrected chi connectivity index (χ4v) is 9.00. The first-order valence-corrected chi connectivity index (χ1v) is 19.6. The summed E-state index contributed by atoms with van der Waals surface area (Å²) < 4.78 is 4.91. The molecule has 0 saturated heterocycles. The molecule has 0 aliphatic carbocycles. The Morgan fingerprint density at radius 2 is 0.786 bits per heavy atom. The molecule has 0 amide bonds. The third-order valence-electron chi connectivity index (χ3n) is 10.6. The van der Waals surface area contributed by atoms with Gasteiger partial charge in [-0.15, -0.1) is 11.3 Å². The van der Waals surface area contributed by atoms with Gasteiger partial charge in [-0.05, 0) is 70.8 Å². The molecule has 8 aromatic carbocycles. The highest BCUT2D eigenvalue weighted by atomic mass is 32.1. The number of fused-ring (bicyclic) bond motifs is 6. The lowest BCUT2D eigenvalue weighted by molar-refractivity contribution is 1.07. The molecule has 0 bridgehead atoms. The second kappa shape index (κ2) is 13.3. The lowest BCUT2D eigenvalue weighted by atomic mass is 10.0. The highest BCUT2D eigenvalue weighted by molar-refractivity contribution is 7.25. The Kier molecular flexibility index (Phi) is 7.64. The third-order valence-corrected chi connectivity index (χ3v) is 11.8. The number of nitrogens with zero attached hydrogens (tertiary/aromatic N) is 4. The second-order valence-electron chi connectivity index (χ2n) is 14.1. The maximum absolute atomic E-state index is 5.20. The van der Waals surface area contributed by atoms with Gasteiger partial charge in [0.2, 0.25) is 0 Å². The smallest absolute Gasteiger partial charge is 0.164 e. The number of thiophene rings is 1. The van der Waals surface area contributed by atoms with Crippen LogP contribution >= 0.6 is 11.3 Å². The van der Waals surface area contributed by atoms with Crippen molar-refractivity contribution >= 4 is 53.3 Å². The van der Waals surface area contributed by atoms with Crippen LogP contribution in [0.3, 0.4) is 0 Å². The number of rotatable bonds is 6. The van der Waals surface area contributed by atoms with Crippen LogP contribution in [0.25, 0.3) is 104 Å². The normalized spacial score (nSPS) is 11.6. The van der Waals surface area contributed by atoms with Crippen molar-refractivity contribution in [2.75, 3.05) is 0 Å². The van der Waals surface area contributed by atoms with Crippen LogP contribution in [-0.4, -0.2) is 19.5 Å². The molecule has 0 N–H and O–H groups in total. The Labute approximate surface area is 327 Å². The predicted octanol–water partition coefficient (Wildman–Crippen LogP) is 13.7. The van der Waals surface area contributed by atoms with E-state index in [-0.39, 0.29) is 0 Å². The van der Waals surface area contributed by atoms with E-state index in [1.165, 1.54) is 53.2 Å². The molecule has 0 radical (unpaired) electrons. The molecule has 0 unspecified atom stereocenters. The minimum absolute atomic E-state index is 0.627. The number of aromatic nitrogens is 4. The Hall–Kier alpha value is -7.21. The standard InChI is InChI=1S/C51H32N4S/c1-4-13-33(14-5-1)36-23-26-41-42-27-24-37(34-15-6-2-7-16-34)32-46(42)55(45(41)31-36)40-20-12-19-38(29-40)50-52-49(35-17-8-3-9-18-35)53-51(54-50)39-25-28-48-44(30-39)43-21-10-11-22-47(43)56-48/h1-32H. The SMILES string of the molecule is c1ccc(-c2ccc3c4ccc(-c5ccccc5)cc4n(-c4cccc(-c5nc(-c6ccccc6)nc(-c6ccc7sc8ccccc8c7c6)n5)c4)c3c2)cc1. The van der Waals surface area contributed by atoms with Gasteiger partial charge in [0.15, 0.2) is 17.5 Å². The summed E-state index contributed by atoms with van der Waals surface area (Å²) in [6.07, 6.45) is 0. The summed E-state index contributed by atoms with van der Waals surface area (Å²) in [4.78, 5) is 15.4. The molecule has 0 aliphatic rings. The van der Waals surface area contributed by atoms with E-state index in [0.717, 1.165) is 33.4 Å². The van der Waals surface area contributed by atoms with Crippen LogP contribution in [0.5, 0.6) is 0 Å². The van der Waals surface area contributed by atoms with Crippen molar-refractivity contribution in [3.05, 3.63) is 194 Å². The zero-order valence-corrected chi connectivity index (χ0v) is 31.0. The highest BCUT2D eigenvalue weighted by Crippen LogP contribution is 2.39. The van der Waals surface area contributed by atoms with E-state index in [0.29, 0.717) is 17.5 Å². The van der Waals surface area contributed by atoms with Crippen molar-refractivity contribution in [1.82, 2.24) is 19.5 Å². The van der Waals surface area contributed by atoms with Gasteiger partial charge in [0, 0.05) is 53.3 Å². The van der Waals surface area contributed by atoms with Crippen molar-refractivity contribution in [3.8, 4) is 62.1 Å². The molecule has 56 heavy (non-hydrogen) atoms. The van der Waals surface area contributed by atoms with Gasteiger partial charge in [0.25, 0.3) is 0 Å². The minimum Gasteiger partial charge on any atom is -0.309 e. The van der Waals surface area contributed by atoms with Gasteiger partial charge in [-0.2, -0.15) is 0 Å². The molecule has 0 aliphatic heterocycles. The molecule has 0 saturated carbocycles. The van der Waals surface area contributed by atoms with E-state index in [9.17, 15) is 0 Å². The fraction of sp³-hybridized carbons (Fsp3) is 0. The molecule has 11 rings (SSSR count). The maximum atomic E-state index is 5.20. The van der Waals surface area contributed by atoms with Crippen LogP contribution < -0.4 is 0 Å². The van der Waals surface area contributed by atoms with E-state index in [4.69, 9.17) is 15.0 Å². The summed E-state index contributed by atoms with van der Waals surface area (Å²) in [7, 11) is 0. The van der Waals surface area contributed by atoms with Gasteiger partial charge in [-0.25, -0.2) is 15.0 Å². The Bertz CT molecular complexity index is 3140. The lowest BCUT2D eigenvalue weighted by Crippen LogP contribution is -2.01. The van der Waals surface area contributed by atoms with E-state index in [2.05, 4.69) is 180 Å². The van der Waals surface area contributed by atoms with Crippen LogP contribution in [0.4, 0.5) is 0 Å². The van der Waals surface area contributed by atoms with Gasteiger partial charge in [-0.3, -0.25) is 0 Å². The average molecular weight is 733 g/mol. The monoisotopic (exact) mass is 732 g/mol. The topological polar surface area (TPSA) is 43.6 Å². The molecule has 0 spiro atoms. The Morgan fingerprint density at radius 3 is 1.41 bits per heavy atom. The molecule has 3 aromatic heterocycles. The number of benzene rings is 8. The van der Waals surface area contributed by atoms with E-state index in [1.54, 1.807) is 0 Å². The summed E-state index contributed by atoms with van der Waals surface area (Å²) in [5, 5.41) is 4.87. The van der Waals surface area contributed by atoms with Crippen molar-refractivity contribution < 1.29 is 0 Å². The zero-order chi connectivity index (χ0) is 37.0. The predicted molar refractivity (Wildman–Crippen MR) is 234 cm³/mol. The quantitative estimate of drug-likeness (QED) is 0.171. The molecule has 0 fully saturated rings. The lowest BCUT2D eigenvalue weighted by Gasteiger charge is -2.12. The molecular formula is C51H32N4S. The van der Waals surface area contributed by atoms with Gasteiger partial charge in [-0.1, -0.05) is 146 Å². The van der Waals surface area contributed by atoms with Crippen molar-refractivity contribution in [2.24, 2.45) is 0 Å². The first-order chi connectivity index (χ1) is 27.7. The van der Waals surface area contributed by atoms with Gasteiger partial charge in [0.05, 0.1) is 11.0 Å². The molecule has 3 heterocycles. The fourth-order valence-electron chi connectivity index (χ4n) is 7.92. The van der Waals surface area contributed by atoms with Crippen LogP contribution in [0.1, 0.15) is 0 Å². The molecule has 262 valence electrons. The van der Waals surface area contributed by atoms with E-state index >= 15 is 0 Å². The van der Waals surface area contributed by atoms with Gasteiger partial charge >= 0.3 is 0 Å². The van der Waals surface area contributed by atoms with Gasteiger partial charge in [0.1, 0.15) is 0 Å². The molecule has 11 aromatic rings. The molecule has 4 nitrogen and oxygen atoms in total. The second-order valence-corrected chi connectivity index (χ2v) is 15.1. The Balaban J connectivity index is 1.12. The third kappa shape index (κ3) is 5.56. The zero-order valence-electron chi connectivity index (χ0n) is 30.2. The number of hydrogen-bond donors (Lipinski definition) is 0. The number of hydrogen-bond acceptors (Lipinski definition) is 4. The first kappa shape index (κ1) is 32.2. The summed E-state index contributed by atoms with van der Waals surface area (Å²) in [6, 6.07) is 68.7. The van der Waals surface area contributed by atoms with Crippen LogP contribution in [0.2, 0.25) is 0 Å². The summed E-state index contributed by atoms with van der Waals surface area (Å²) >= 11 is 1.81. The van der Waals surface area contributed by atoms with Crippen LogP contribution in [0, 0.1) is 0 Å². The summed E-state index contributed by atoms with van der Waals surface area (Å²) in [5.41, 5.74) is 10.9. The highest BCUT2D eigenvalue weighted by Gasteiger charge is 2.18. The van der Waals surface area contributed by atoms with Crippen molar-refractivity contribution in [2.45, 2.75) is 0 Å². The molecular weight excluding hydrogens is 701 g/mol. The summed E-state index contributed by atoms with van der Waals surface area (Å²) in [5.74, 6) is 1.91. The van der Waals surface area contributed by atoms with E-state index < -0.39 is 0 Å². The largest absolute Gasteiger partial charge is 0.309 e. The van der Waals surface area contributed by atoms with Gasteiger partial charge < -0.3 is 4.57 Å². The van der Waals surface area contributed by atoms with Crippen LogP contribution in [-0.2, 0) is 0 Å².